The van der Waals surface area contributed by atoms with E-state index in [-0.39, 0.29) is 51.2 Å². The average molecular weight is 804 g/mol. The second kappa shape index (κ2) is 26.2. The summed E-state index contributed by atoms with van der Waals surface area (Å²) in [6, 6.07) is -10.7. The summed E-state index contributed by atoms with van der Waals surface area (Å²) in [4.78, 5) is 116. The van der Waals surface area contributed by atoms with Gasteiger partial charge in [0.2, 0.25) is 47.3 Å². The van der Waals surface area contributed by atoms with E-state index in [1.807, 2.05) is 0 Å². The lowest BCUT2D eigenvalue weighted by atomic mass is 10.1. The van der Waals surface area contributed by atoms with E-state index in [9.17, 15) is 58.5 Å². The lowest BCUT2D eigenvalue weighted by Crippen LogP contribution is -2.61. The number of primary amides is 2. The molecule has 0 heterocycles. The van der Waals surface area contributed by atoms with Crippen molar-refractivity contribution in [2.24, 2.45) is 39.4 Å². The highest BCUT2D eigenvalue weighted by atomic mass is 16.4. The Morgan fingerprint density at radius 3 is 1.68 bits per heavy atom. The fraction of sp³-hybridized carbons (Fsp3) is 0.677. The summed E-state index contributed by atoms with van der Waals surface area (Å²) in [5.41, 5.74) is 32.1. The van der Waals surface area contributed by atoms with E-state index in [4.69, 9.17) is 34.4 Å². The smallest absolute Gasteiger partial charge is 0.326 e. The summed E-state index contributed by atoms with van der Waals surface area (Å²) in [5.74, 6) is -9.69. The van der Waals surface area contributed by atoms with E-state index in [1.54, 1.807) is 0 Å². The number of carbonyl (C=O) groups is 9. The van der Waals surface area contributed by atoms with Crippen LogP contribution in [0.2, 0.25) is 0 Å². The summed E-state index contributed by atoms with van der Waals surface area (Å²) in [5, 5.41) is 43.0. The number of guanidine groups is 1. The van der Waals surface area contributed by atoms with Crippen molar-refractivity contribution < 1.29 is 58.5 Å². The van der Waals surface area contributed by atoms with Crippen LogP contribution in [0.1, 0.15) is 65.2 Å². The first-order valence-corrected chi connectivity index (χ1v) is 17.6. The van der Waals surface area contributed by atoms with Crippen LogP contribution in [0.5, 0.6) is 0 Å². The number of aliphatic carboxylic acids is 1. The number of carboxylic acids is 1. The molecule has 25 heteroatoms. The number of aliphatic hydroxyl groups is 2. The third kappa shape index (κ3) is 20.1. The van der Waals surface area contributed by atoms with E-state index in [2.05, 4.69) is 36.9 Å². The van der Waals surface area contributed by atoms with Gasteiger partial charge >= 0.3 is 5.97 Å². The lowest BCUT2D eigenvalue weighted by molar-refractivity contribution is -0.143. The Balaban J connectivity index is 6.03. The molecule has 318 valence electrons. The van der Waals surface area contributed by atoms with Crippen LogP contribution in [-0.2, 0) is 43.2 Å². The number of carboxylic acid groups (broad SMARTS) is 1. The fourth-order valence-electron chi connectivity index (χ4n) is 4.70. The standard InChI is InChI=1S/C31H57N13O12/c1-14(39-28(53)20(13-45)43-25(50)16(33)8-9-21(34)47)24(49)42-19(12-22(35)48)27(52)40-17(7-5-11-38-31(36)37)26(51)44-23(15(2)46)29(54)41-18(30(55)56)6-3-4-10-32/h14-20,23,45-46H,3-13,32-33H2,1-2H3,(H2,34,47)(H2,35,48)(H,39,53)(H,40,52)(H,41,54)(H,42,49)(H,43,50)(H,44,51)(H,55,56)(H4,36,37,38)/t14-,15+,16-,17-,18-,19-,20-,23-/m0/s1. The Labute approximate surface area is 322 Å². The van der Waals surface area contributed by atoms with E-state index in [0.717, 1.165) is 13.8 Å². The number of carbonyl (C=O) groups excluding carboxylic acids is 8. The van der Waals surface area contributed by atoms with Gasteiger partial charge in [0.1, 0.15) is 36.3 Å². The van der Waals surface area contributed by atoms with Crippen LogP contribution in [0, 0.1) is 0 Å². The van der Waals surface area contributed by atoms with Crippen molar-refractivity contribution in [1.29, 1.82) is 0 Å². The number of nitrogens with two attached hydrogens (primary N) is 6. The number of rotatable bonds is 28. The number of amides is 8. The van der Waals surface area contributed by atoms with Gasteiger partial charge in [0.05, 0.1) is 25.2 Å². The molecule has 0 aliphatic rings. The van der Waals surface area contributed by atoms with E-state index < -0.39 is 115 Å². The Hall–Kier alpha value is -5.66. The average Bonchev–Trinajstić information content (AvgIpc) is 3.11. The molecule has 56 heavy (non-hydrogen) atoms. The van der Waals surface area contributed by atoms with Gasteiger partial charge in [0.15, 0.2) is 5.96 Å². The number of hydrogen-bond donors (Lipinski definition) is 15. The molecule has 0 fully saturated rings. The molecule has 0 aromatic carbocycles. The van der Waals surface area contributed by atoms with Crippen LogP contribution >= 0.6 is 0 Å². The van der Waals surface area contributed by atoms with Gasteiger partial charge in [-0.1, -0.05) is 0 Å². The minimum atomic E-state index is -1.75. The van der Waals surface area contributed by atoms with Crippen LogP contribution in [0.25, 0.3) is 0 Å². The summed E-state index contributed by atoms with van der Waals surface area (Å²) < 4.78 is 0. The van der Waals surface area contributed by atoms with E-state index >= 15 is 0 Å². The second-order valence-corrected chi connectivity index (χ2v) is 12.7. The molecule has 0 saturated heterocycles. The van der Waals surface area contributed by atoms with Crippen molar-refractivity contribution in [3.05, 3.63) is 0 Å². The van der Waals surface area contributed by atoms with Crippen LogP contribution in [0.3, 0.4) is 0 Å². The summed E-state index contributed by atoms with van der Waals surface area (Å²) >= 11 is 0. The molecule has 0 bridgehead atoms. The molecule has 0 aliphatic heterocycles. The summed E-state index contributed by atoms with van der Waals surface area (Å²) in [7, 11) is 0. The number of nitrogens with one attached hydrogen (secondary N) is 6. The van der Waals surface area contributed by atoms with Crippen LogP contribution in [0.15, 0.2) is 4.99 Å². The summed E-state index contributed by atoms with van der Waals surface area (Å²) in [6.45, 7) is 1.64. The zero-order valence-corrected chi connectivity index (χ0v) is 31.3. The molecule has 0 spiro atoms. The van der Waals surface area contributed by atoms with Crippen molar-refractivity contribution in [3.63, 3.8) is 0 Å². The Bertz CT molecular complexity index is 1410. The number of aliphatic hydroxyl groups excluding tert-OH is 2. The topological polar surface area (TPSA) is 455 Å². The highest BCUT2D eigenvalue weighted by Gasteiger charge is 2.34. The molecule has 0 unspecified atom stereocenters. The molecule has 8 atom stereocenters. The molecule has 0 aromatic rings. The maximum absolute atomic E-state index is 13.5. The van der Waals surface area contributed by atoms with Crippen molar-refractivity contribution >= 4 is 59.2 Å². The molecule has 8 amide bonds. The monoisotopic (exact) mass is 803 g/mol. The van der Waals surface area contributed by atoms with Gasteiger partial charge in [-0.3, -0.25) is 43.3 Å². The van der Waals surface area contributed by atoms with Gasteiger partial charge in [0, 0.05) is 13.0 Å². The Morgan fingerprint density at radius 1 is 0.625 bits per heavy atom. The van der Waals surface area contributed by atoms with Gasteiger partial charge in [-0.05, 0) is 58.9 Å². The lowest BCUT2D eigenvalue weighted by Gasteiger charge is -2.27. The highest BCUT2D eigenvalue weighted by molar-refractivity contribution is 5.98. The number of aliphatic imine (C=N–C) groups is 1. The predicted octanol–water partition coefficient (Wildman–Crippen LogP) is -7.98. The summed E-state index contributed by atoms with van der Waals surface area (Å²) in [6.07, 6.45) is -2.06. The van der Waals surface area contributed by atoms with Gasteiger partial charge in [-0.2, -0.15) is 0 Å². The first-order chi connectivity index (χ1) is 26.1. The van der Waals surface area contributed by atoms with Crippen LogP contribution in [0.4, 0.5) is 0 Å². The molecule has 0 saturated carbocycles. The van der Waals surface area contributed by atoms with Crippen molar-refractivity contribution in [1.82, 2.24) is 31.9 Å². The van der Waals surface area contributed by atoms with Gasteiger partial charge < -0.3 is 81.6 Å². The maximum Gasteiger partial charge on any atom is 0.326 e. The highest BCUT2D eigenvalue weighted by Crippen LogP contribution is 2.07. The second-order valence-electron chi connectivity index (χ2n) is 12.7. The minimum Gasteiger partial charge on any atom is -0.480 e. The van der Waals surface area contributed by atoms with Crippen molar-refractivity contribution in [3.8, 4) is 0 Å². The molecule has 21 N–H and O–H groups in total. The van der Waals surface area contributed by atoms with E-state index in [0.29, 0.717) is 12.8 Å². The Morgan fingerprint density at radius 2 is 1.16 bits per heavy atom. The zero-order chi connectivity index (χ0) is 43.1. The van der Waals surface area contributed by atoms with Gasteiger partial charge in [0.25, 0.3) is 0 Å². The normalized spacial score (nSPS) is 15.1. The van der Waals surface area contributed by atoms with Crippen molar-refractivity contribution in [2.75, 3.05) is 19.7 Å². The molecule has 0 aromatic heterocycles. The SMILES string of the molecule is C[C@H](NC(=O)[C@H](CO)NC(=O)[C@@H](N)CCC(N)=O)C(=O)N[C@@H](CC(N)=O)C(=O)N[C@@H](CCCN=C(N)N)C(=O)N[C@H](C(=O)N[C@@H](CCCCN)C(=O)O)[C@@H](C)O. The first-order valence-electron chi connectivity index (χ1n) is 17.6. The fourth-order valence-corrected chi connectivity index (χ4v) is 4.70. The quantitative estimate of drug-likeness (QED) is 0.0198. The molecular weight excluding hydrogens is 746 g/mol. The maximum atomic E-state index is 13.5. The third-order valence-electron chi connectivity index (χ3n) is 7.85. The largest absolute Gasteiger partial charge is 0.480 e. The van der Waals surface area contributed by atoms with Crippen LogP contribution in [-0.4, -0.2) is 143 Å². The number of unbranched alkanes of at least 4 members (excludes halogenated alkanes) is 1. The zero-order valence-electron chi connectivity index (χ0n) is 31.3. The van der Waals surface area contributed by atoms with Crippen molar-refractivity contribution in [2.45, 2.75) is 114 Å². The first kappa shape index (κ1) is 50.3. The van der Waals surface area contributed by atoms with Gasteiger partial charge in [-0.15, -0.1) is 0 Å². The molecule has 0 aliphatic carbocycles. The number of nitrogens with zero attached hydrogens (tertiary/aromatic N) is 1. The molecule has 25 nitrogen and oxygen atoms in total. The number of hydrogen-bond acceptors (Lipinski definition) is 14. The van der Waals surface area contributed by atoms with Gasteiger partial charge in [-0.25, -0.2) is 4.79 Å². The third-order valence-corrected chi connectivity index (χ3v) is 7.85. The van der Waals surface area contributed by atoms with E-state index in [1.165, 1.54) is 0 Å². The minimum absolute atomic E-state index is 0.00442. The van der Waals surface area contributed by atoms with Crippen LogP contribution < -0.4 is 66.3 Å². The predicted molar refractivity (Wildman–Crippen MR) is 197 cm³/mol. The molecule has 0 rings (SSSR count). The molecular formula is C31H57N13O12. The molecule has 0 radical (unpaired) electrons. The Kier molecular flexibility index (Phi) is 23.5.